The number of aryl methyl sites for hydroxylation is 2. The first kappa shape index (κ1) is 9.33. The van der Waals surface area contributed by atoms with Crippen molar-refractivity contribution in [1.82, 2.24) is 14.3 Å². The van der Waals surface area contributed by atoms with Crippen LogP contribution in [0, 0.1) is 0 Å². The van der Waals surface area contributed by atoms with Gasteiger partial charge in [0, 0.05) is 6.42 Å². The lowest BCUT2D eigenvalue weighted by atomic mass is 10.2. The highest BCUT2D eigenvalue weighted by molar-refractivity contribution is 7.12. The number of nitrogens with one attached hydrogen (secondary N) is 1. The summed E-state index contributed by atoms with van der Waals surface area (Å²) in [4.78, 5) is 19.5. The molecule has 0 aliphatic carbocycles. The van der Waals surface area contributed by atoms with Crippen LogP contribution in [0.2, 0.25) is 0 Å². The van der Waals surface area contributed by atoms with Gasteiger partial charge in [-0.25, -0.2) is 4.98 Å². The summed E-state index contributed by atoms with van der Waals surface area (Å²) < 4.78 is 4.21. The van der Waals surface area contributed by atoms with Crippen LogP contribution in [0.15, 0.2) is 4.79 Å². The summed E-state index contributed by atoms with van der Waals surface area (Å²) in [7, 11) is 0. The van der Waals surface area contributed by atoms with Crippen molar-refractivity contribution < 1.29 is 0 Å². The van der Waals surface area contributed by atoms with E-state index in [4.69, 9.17) is 0 Å². The molecule has 0 radical (unpaired) electrons. The quantitative estimate of drug-likeness (QED) is 0.815. The van der Waals surface area contributed by atoms with Crippen LogP contribution >= 0.6 is 11.5 Å². The topological polar surface area (TPSA) is 58.6 Å². The lowest BCUT2D eigenvalue weighted by Crippen LogP contribution is -2.11. The molecule has 14 heavy (non-hydrogen) atoms. The highest BCUT2D eigenvalue weighted by Crippen LogP contribution is 2.17. The van der Waals surface area contributed by atoms with Crippen LogP contribution in [0.3, 0.4) is 0 Å². The van der Waals surface area contributed by atoms with E-state index in [1.807, 2.05) is 13.8 Å². The fourth-order valence-electron chi connectivity index (χ4n) is 1.37. The van der Waals surface area contributed by atoms with Crippen LogP contribution in [0.4, 0.5) is 0 Å². The van der Waals surface area contributed by atoms with E-state index in [-0.39, 0.29) is 5.56 Å². The van der Waals surface area contributed by atoms with Crippen LogP contribution < -0.4 is 5.56 Å². The van der Waals surface area contributed by atoms with Gasteiger partial charge in [-0.1, -0.05) is 13.8 Å². The fraction of sp³-hybridized carbons (Fsp3) is 0.444. The highest BCUT2D eigenvalue weighted by Gasteiger charge is 2.10. The maximum absolute atomic E-state index is 11.7. The van der Waals surface area contributed by atoms with Gasteiger partial charge in [-0.15, -0.1) is 0 Å². The average Bonchev–Trinajstić information content (AvgIpc) is 2.61. The Morgan fingerprint density at radius 2 is 2.14 bits per heavy atom. The number of H-pyrrole nitrogens is 1. The zero-order valence-corrected chi connectivity index (χ0v) is 8.94. The Kier molecular flexibility index (Phi) is 2.33. The smallest absolute Gasteiger partial charge is 0.261 e. The molecule has 0 saturated heterocycles. The molecule has 1 N–H and O–H groups in total. The van der Waals surface area contributed by atoms with Gasteiger partial charge in [0.05, 0.1) is 11.1 Å². The Morgan fingerprint density at radius 1 is 1.36 bits per heavy atom. The van der Waals surface area contributed by atoms with Gasteiger partial charge >= 0.3 is 0 Å². The van der Waals surface area contributed by atoms with Crippen molar-refractivity contribution in [3.63, 3.8) is 0 Å². The number of aromatic nitrogens is 3. The van der Waals surface area contributed by atoms with Gasteiger partial charge in [0.2, 0.25) is 0 Å². The Hall–Kier alpha value is -1.23. The van der Waals surface area contributed by atoms with Gasteiger partial charge in [-0.3, -0.25) is 4.79 Å². The molecule has 4 nitrogen and oxygen atoms in total. The van der Waals surface area contributed by atoms with E-state index in [0.717, 1.165) is 29.2 Å². The van der Waals surface area contributed by atoms with E-state index in [2.05, 4.69) is 14.3 Å². The van der Waals surface area contributed by atoms with E-state index in [9.17, 15) is 4.79 Å². The summed E-state index contributed by atoms with van der Waals surface area (Å²) in [5.41, 5.74) is 0.791. The third-order valence-electron chi connectivity index (χ3n) is 2.14. The zero-order chi connectivity index (χ0) is 10.1. The molecule has 0 aliphatic rings. The summed E-state index contributed by atoms with van der Waals surface area (Å²) in [5, 5.41) is 0.662. The SMILES string of the molecule is CCc1nc2snc(CC)c2c(=O)[nH]1. The molecule has 0 unspecified atom stereocenters. The van der Waals surface area contributed by atoms with Gasteiger partial charge in [-0.05, 0) is 18.0 Å². The number of hydrogen-bond donors (Lipinski definition) is 1. The first-order chi connectivity index (χ1) is 6.76. The molecule has 2 heterocycles. The Morgan fingerprint density at radius 3 is 2.79 bits per heavy atom. The van der Waals surface area contributed by atoms with Crippen molar-refractivity contribution >= 4 is 21.7 Å². The molecule has 0 bridgehead atoms. The second kappa shape index (κ2) is 3.49. The highest BCUT2D eigenvalue weighted by atomic mass is 32.1. The minimum absolute atomic E-state index is 0.0579. The third-order valence-corrected chi connectivity index (χ3v) is 2.92. The van der Waals surface area contributed by atoms with Crippen LogP contribution in [0.1, 0.15) is 25.4 Å². The monoisotopic (exact) mass is 209 g/mol. The van der Waals surface area contributed by atoms with E-state index in [0.29, 0.717) is 5.39 Å². The first-order valence-corrected chi connectivity index (χ1v) is 5.41. The Bertz CT molecular complexity index is 514. The van der Waals surface area contributed by atoms with Gasteiger partial charge in [0.1, 0.15) is 5.82 Å². The van der Waals surface area contributed by atoms with Gasteiger partial charge in [-0.2, -0.15) is 4.37 Å². The Balaban J connectivity index is 2.79. The normalized spacial score (nSPS) is 11.0. The van der Waals surface area contributed by atoms with Crippen molar-refractivity contribution in [3.05, 3.63) is 21.9 Å². The van der Waals surface area contributed by atoms with Gasteiger partial charge in [0.15, 0.2) is 4.83 Å². The van der Waals surface area contributed by atoms with Crippen molar-refractivity contribution in [2.45, 2.75) is 26.7 Å². The maximum atomic E-state index is 11.7. The first-order valence-electron chi connectivity index (χ1n) is 4.63. The zero-order valence-electron chi connectivity index (χ0n) is 8.13. The average molecular weight is 209 g/mol. The summed E-state index contributed by atoms with van der Waals surface area (Å²) in [5.74, 6) is 0.730. The molecule has 0 spiro atoms. The standard InChI is InChI=1S/C9H11N3OS/c1-3-5-7-8(13)10-6(4-2)11-9(7)14-12-5/h3-4H2,1-2H3,(H,10,11,13). The Labute approximate surface area is 85.2 Å². The van der Waals surface area contributed by atoms with E-state index < -0.39 is 0 Å². The maximum Gasteiger partial charge on any atom is 0.261 e. The molecule has 0 atom stereocenters. The van der Waals surface area contributed by atoms with Crippen LogP contribution in [-0.2, 0) is 12.8 Å². The second-order valence-corrected chi connectivity index (χ2v) is 3.78. The molecule has 2 rings (SSSR count). The van der Waals surface area contributed by atoms with E-state index >= 15 is 0 Å². The predicted octanol–water partition coefficient (Wildman–Crippen LogP) is 1.50. The summed E-state index contributed by atoms with van der Waals surface area (Å²) >= 11 is 1.30. The second-order valence-electron chi connectivity index (χ2n) is 3.03. The fourth-order valence-corrected chi connectivity index (χ4v) is 2.24. The van der Waals surface area contributed by atoms with Gasteiger partial charge in [0.25, 0.3) is 5.56 Å². The molecule has 2 aromatic rings. The third kappa shape index (κ3) is 1.33. The van der Waals surface area contributed by atoms with Gasteiger partial charge < -0.3 is 4.98 Å². The number of hydrogen-bond acceptors (Lipinski definition) is 4. The summed E-state index contributed by atoms with van der Waals surface area (Å²) in [6.07, 6.45) is 1.51. The molecule has 0 aliphatic heterocycles. The van der Waals surface area contributed by atoms with Crippen LogP contribution in [0.5, 0.6) is 0 Å². The van der Waals surface area contributed by atoms with Crippen LogP contribution in [-0.4, -0.2) is 14.3 Å². The predicted molar refractivity (Wildman–Crippen MR) is 56.8 cm³/mol. The van der Waals surface area contributed by atoms with Crippen molar-refractivity contribution in [1.29, 1.82) is 0 Å². The van der Waals surface area contributed by atoms with Crippen molar-refractivity contribution in [2.75, 3.05) is 0 Å². The largest absolute Gasteiger partial charge is 0.310 e. The molecular weight excluding hydrogens is 198 g/mol. The van der Waals surface area contributed by atoms with Crippen molar-refractivity contribution in [3.8, 4) is 0 Å². The molecule has 74 valence electrons. The molecule has 0 fully saturated rings. The minimum atomic E-state index is -0.0579. The lowest BCUT2D eigenvalue weighted by Gasteiger charge is -1.95. The molecule has 5 heteroatoms. The van der Waals surface area contributed by atoms with E-state index in [1.165, 1.54) is 11.5 Å². The van der Waals surface area contributed by atoms with E-state index in [1.54, 1.807) is 0 Å². The molecule has 0 saturated carbocycles. The summed E-state index contributed by atoms with van der Waals surface area (Å²) in [6.45, 7) is 3.95. The number of aromatic amines is 1. The molecule has 2 aromatic heterocycles. The molecular formula is C9H11N3OS. The minimum Gasteiger partial charge on any atom is -0.310 e. The van der Waals surface area contributed by atoms with Crippen LogP contribution in [0.25, 0.3) is 10.2 Å². The number of rotatable bonds is 2. The number of fused-ring (bicyclic) bond motifs is 1. The number of nitrogens with zero attached hydrogens (tertiary/aromatic N) is 2. The van der Waals surface area contributed by atoms with Crippen molar-refractivity contribution in [2.24, 2.45) is 0 Å². The molecule has 0 amide bonds. The summed E-state index contributed by atoms with van der Waals surface area (Å²) in [6, 6.07) is 0. The molecule has 0 aromatic carbocycles. The lowest BCUT2D eigenvalue weighted by molar-refractivity contribution is 0.945.